The van der Waals surface area contributed by atoms with Gasteiger partial charge in [-0.3, -0.25) is 4.90 Å². The molecular formula is C24H29F3N2O5S. The predicted molar refractivity (Wildman–Crippen MR) is 124 cm³/mol. The van der Waals surface area contributed by atoms with Crippen LogP contribution in [0.25, 0.3) is 0 Å². The van der Waals surface area contributed by atoms with Crippen molar-refractivity contribution in [1.82, 2.24) is 9.80 Å². The molecule has 2 aromatic carbocycles. The van der Waals surface area contributed by atoms with E-state index in [4.69, 9.17) is 4.74 Å². The van der Waals surface area contributed by atoms with Gasteiger partial charge in [0.25, 0.3) is 0 Å². The summed E-state index contributed by atoms with van der Waals surface area (Å²) in [7, 11) is -5.74. The van der Waals surface area contributed by atoms with Crippen molar-refractivity contribution in [2.45, 2.75) is 50.9 Å². The minimum atomic E-state index is -5.74. The van der Waals surface area contributed by atoms with Gasteiger partial charge in [-0.15, -0.1) is 0 Å². The Morgan fingerprint density at radius 3 is 2.17 bits per heavy atom. The van der Waals surface area contributed by atoms with Crippen LogP contribution in [-0.4, -0.2) is 61.1 Å². The highest BCUT2D eigenvalue weighted by atomic mass is 32.2. The topological polar surface area (TPSA) is 76.2 Å². The molecule has 1 amide bonds. The van der Waals surface area contributed by atoms with Crippen LogP contribution < -0.4 is 4.18 Å². The van der Waals surface area contributed by atoms with E-state index in [2.05, 4.69) is 9.08 Å². The fourth-order valence-corrected chi connectivity index (χ4v) is 4.23. The van der Waals surface area contributed by atoms with Gasteiger partial charge in [0.05, 0.1) is 6.04 Å². The summed E-state index contributed by atoms with van der Waals surface area (Å²) in [4.78, 5) is 16.8. The maximum absolute atomic E-state index is 12.9. The molecule has 0 spiro atoms. The first-order chi connectivity index (χ1) is 16.2. The maximum atomic E-state index is 12.9. The zero-order valence-electron chi connectivity index (χ0n) is 19.8. The van der Waals surface area contributed by atoms with Crippen molar-refractivity contribution < 1.29 is 35.3 Å². The molecule has 1 saturated heterocycles. The number of hydrogen-bond donors (Lipinski definition) is 0. The Hall–Kier alpha value is -2.79. The normalized spacial score (nSPS) is 17.8. The highest BCUT2D eigenvalue weighted by molar-refractivity contribution is 7.88. The third kappa shape index (κ3) is 7.60. The van der Waals surface area contributed by atoms with E-state index in [1.165, 1.54) is 24.3 Å². The maximum Gasteiger partial charge on any atom is 0.534 e. The summed E-state index contributed by atoms with van der Waals surface area (Å²) >= 11 is 0. The lowest BCUT2D eigenvalue weighted by molar-refractivity contribution is -0.0500. The lowest BCUT2D eigenvalue weighted by Gasteiger charge is -2.42. The quantitative estimate of drug-likeness (QED) is 0.415. The highest BCUT2D eigenvalue weighted by Gasteiger charge is 2.48. The Bertz CT molecular complexity index is 1100. The molecule has 1 unspecified atom stereocenters. The molecule has 1 aliphatic heterocycles. The van der Waals surface area contributed by atoms with Crippen molar-refractivity contribution in [2.75, 3.05) is 19.6 Å². The van der Waals surface area contributed by atoms with Crippen molar-refractivity contribution in [3.63, 3.8) is 0 Å². The van der Waals surface area contributed by atoms with E-state index in [1.54, 1.807) is 25.7 Å². The standard InChI is InChI=1S/C24H29F3N2O5S/c1-23(2,3)33-22(30)29-14-13-28(16-19-7-5-4-6-8-19)17-20(29)15-18-9-11-21(12-10-18)34-35(31,32)24(25,26)27/h4-12,20H,13-17H2,1-3H3. The molecule has 35 heavy (non-hydrogen) atoms. The third-order valence-electron chi connectivity index (χ3n) is 5.33. The first-order valence-corrected chi connectivity index (χ1v) is 12.5. The SMILES string of the molecule is CC(C)(C)OC(=O)N1CCN(Cc2ccccc2)CC1Cc1ccc(OS(=O)(=O)C(F)(F)F)cc1. The van der Waals surface area contributed by atoms with E-state index in [0.717, 1.165) is 5.56 Å². The smallest absolute Gasteiger partial charge is 0.444 e. The van der Waals surface area contributed by atoms with Crippen molar-refractivity contribution >= 4 is 16.2 Å². The Kier molecular flexibility index (Phi) is 8.00. The molecule has 0 saturated carbocycles. The first-order valence-electron chi connectivity index (χ1n) is 11.1. The van der Waals surface area contributed by atoms with Gasteiger partial charge in [0, 0.05) is 26.2 Å². The molecule has 0 aromatic heterocycles. The van der Waals surface area contributed by atoms with Crippen molar-refractivity contribution in [2.24, 2.45) is 0 Å². The predicted octanol–water partition coefficient (Wildman–Crippen LogP) is 4.58. The van der Waals surface area contributed by atoms with Crippen molar-refractivity contribution in [3.05, 3.63) is 65.7 Å². The van der Waals surface area contributed by atoms with Crippen LogP contribution in [0.4, 0.5) is 18.0 Å². The largest absolute Gasteiger partial charge is 0.534 e. The molecule has 7 nitrogen and oxygen atoms in total. The number of amides is 1. The van der Waals surface area contributed by atoms with Crippen LogP contribution >= 0.6 is 0 Å². The van der Waals surface area contributed by atoms with E-state index in [-0.39, 0.29) is 6.04 Å². The lowest BCUT2D eigenvalue weighted by atomic mass is 10.0. The number of nitrogens with zero attached hydrogens (tertiary/aromatic N) is 2. The number of hydrogen-bond acceptors (Lipinski definition) is 6. The molecule has 1 heterocycles. The van der Waals surface area contributed by atoms with Crippen LogP contribution in [0.2, 0.25) is 0 Å². The zero-order chi connectivity index (χ0) is 25.9. The van der Waals surface area contributed by atoms with E-state index in [1.807, 2.05) is 30.3 Å². The molecule has 0 N–H and O–H groups in total. The number of carbonyl (C=O) groups excluding carboxylic acids is 1. The summed E-state index contributed by atoms with van der Waals surface area (Å²) in [6.07, 6.45) is -0.0327. The van der Waals surface area contributed by atoms with E-state index >= 15 is 0 Å². The first kappa shape index (κ1) is 26.8. The van der Waals surface area contributed by atoms with E-state index in [0.29, 0.717) is 38.2 Å². The van der Waals surface area contributed by atoms with Gasteiger partial charge in [-0.25, -0.2) is 4.79 Å². The summed E-state index contributed by atoms with van der Waals surface area (Å²) in [6, 6.07) is 15.0. The second-order valence-electron chi connectivity index (χ2n) is 9.38. The van der Waals surface area contributed by atoms with E-state index in [9.17, 15) is 26.4 Å². The average molecular weight is 515 g/mol. The van der Waals surface area contributed by atoms with Gasteiger partial charge in [-0.1, -0.05) is 42.5 Å². The Balaban J connectivity index is 1.75. The Morgan fingerprint density at radius 1 is 0.971 bits per heavy atom. The molecule has 1 atom stereocenters. The molecule has 1 fully saturated rings. The van der Waals surface area contributed by atoms with Gasteiger partial charge in [-0.05, 0) is 50.5 Å². The second kappa shape index (κ2) is 10.4. The van der Waals surface area contributed by atoms with Crippen LogP contribution in [0.1, 0.15) is 31.9 Å². The minimum Gasteiger partial charge on any atom is -0.444 e. The summed E-state index contributed by atoms with van der Waals surface area (Å²) < 4.78 is 69.9. The van der Waals surface area contributed by atoms with Gasteiger partial charge < -0.3 is 13.8 Å². The molecule has 0 radical (unpaired) electrons. The molecule has 1 aliphatic rings. The van der Waals surface area contributed by atoms with E-state index < -0.39 is 33.1 Å². The summed E-state index contributed by atoms with van der Waals surface area (Å²) in [5.74, 6) is -0.440. The molecule has 11 heteroatoms. The molecule has 0 bridgehead atoms. The number of halogens is 3. The molecule has 3 rings (SSSR count). The fourth-order valence-electron chi connectivity index (χ4n) is 3.77. The van der Waals surface area contributed by atoms with Gasteiger partial charge in [0.1, 0.15) is 11.4 Å². The van der Waals surface area contributed by atoms with Crippen LogP contribution in [0.5, 0.6) is 5.75 Å². The molecule has 2 aromatic rings. The number of alkyl halides is 3. The number of rotatable bonds is 6. The monoisotopic (exact) mass is 514 g/mol. The molecule has 192 valence electrons. The van der Waals surface area contributed by atoms with Crippen LogP contribution in [0, 0.1) is 0 Å². The zero-order valence-corrected chi connectivity index (χ0v) is 20.6. The van der Waals surface area contributed by atoms with Gasteiger partial charge >= 0.3 is 21.7 Å². The van der Waals surface area contributed by atoms with Gasteiger partial charge in [-0.2, -0.15) is 21.6 Å². The van der Waals surface area contributed by atoms with Crippen LogP contribution in [0.15, 0.2) is 54.6 Å². The molecular weight excluding hydrogens is 485 g/mol. The number of carbonyl (C=O) groups is 1. The lowest BCUT2D eigenvalue weighted by Crippen LogP contribution is -2.56. The average Bonchev–Trinajstić information content (AvgIpc) is 2.74. The third-order valence-corrected chi connectivity index (χ3v) is 6.31. The fraction of sp³-hybridized carbons (Fsp3) is 0.458. The van der Waals surface area contributed by atoms with Gasteiger partial charge in [0.2, 0.25) is 0 Å². The molecule has 0 aliphatic carbocycles. The second-order valence-corrected chi connectivity index (χ2v) is 10.9. The van der Waals surface area contributed by atoms with Crippen molar-refractivity contribution in [1.29, 1.82) is 0 Å². The Labute approximate surface area is 203 Å². The number of ether oxygens (including phenoxy) is 1. The van der Waals surface area contributed by atoms with Gasteiger partial charge in [0.15, 0.2) is 0 Å². The van der Waals surface area contributed by atoms with Crippen molar-refractivity contribution in [3.8, 4) is 5.75 Å². The number of benzene rings is 2. The van der Waals surface area contributed by atoms with Crippen LogP contribution in [0.3, 0.4) is 0 Å². The summed E-state index contributed by atoms with van der Waals surface area (Å²) in [6.45, 7) is 7.76. The number of piperazine rings is 1. The summed E-state index contributed by atoms with van der Waals surface area (Å²) in [5, 5.41) is 0. The Morgan fingerprint density at radius 2 is 1.60 bits per heavy atom. The summed E-state index contributed by atoms with van der Waals surface area (Å²) in [5.41, 5.74) is -4.32. The van der Waals surface area contributed by atoms with Crippen LogP contribution in [-0.2, 0) is 27.8 Å². The highest BCUT2D eigenvalue weighted by Crippen LogP contribution is 2.27. The minimum absolute atomic E-state index is 0.256.